The third-order valence-corrected chi connectivity index (χ3v) is 11.7. The Kier molecular flexibility index (Phi) is 15.6. The Balaban J connectivity index is 1.21. The van der Waals surface area contributed by atoms with Crippen molar-refractivity contribution in [2.24, 2.45) is 5.92 Å². The summed E-state index contributed by atoms with van der Waals surface area (Å²) in [5.74, 6) is -4.35. The molecule has 2 aliphatic rings. The van der Waals surface area contributed by atoms with Gasteiger partial charge in [0.2, 0.25) is 27.7 Å². The maximum absolute atomic E-state index is 13.2. The number of carboxylic acids is 1. The van der Waals surface area contributed by atoms with Crippen molar-refractivity contribution in [3.8, 4) is 0 Å². The van der Waals surface area contributed by atoms with Gasteiger partial charge < -0.3 is 35.8 Å². The first-order chi connectivity index (χ1) is 25.6. The second-order valence-electron chi connectivity index (χ2n) is 13.3. The number of ether oxygens (including phenoxy) is 1. The first-order valence-electron chi connectivity index (χ1n) is 17.7. The Hall–Kier alpha value is -4.36. The molecule has 54 heavy (non-hydrogen) atoms. The first kappa shape index (κ1) is 42.4. The molecule has 18 heteroatoms. The number of benzene rings is 1. The molecule has 2 aromatic rings. The van der Waals surface area contributed by atoms with Crippen LogP contribution in [0.15, 0.2) is 59.4 Å². The van der Waals surface area contributed by atoms with E-state index in [0.717, 1.165) is 24.8 Å². The fourth-order valence-electron chi connectivity index (χ4n) is 6.33. The minimum Gasteiger partial charge on any atom is -0.477 e. The molecule has 1 saturated heterocycles. The Morgan fingerprint density at radius 3 is 2.61 bits per heavy atom. The molecular formula is C36H48N6O10S2. The third kappa shape index (κ3) is 12.3. The van der Waals surface area contributed by atoms with Gasteiger partial charge in [-0.1, -0.05) is 19.1 Å². The molecule has 0 saturated carbocycles. The Labute approximate surface area is 318 Å². The molecule has 1 aromatic carbocycles. The lowest BCUT2D eigenvalue weighted by Gasteiger charge is -2.28. The van der Waals surface area contributed by atoms with Crippen LogP contribution in [0, 0.1) is 5.92 Å². The molecule has 6 N–H and O–H groups in total. The number of hydrogen-bond donors (Lipinski definition) is 6. The molecule has 4 rings (SSSR count). The second-order valence-corrected chi connectivity index (χ2v) is 16.5. The molecule has 294 valence electrons. The van der Waals surface area contributed by atoms with Crippen LogP contribution < -0.4 is 20.7 Å². The molecule has 4 amide bonds. The highest BCUT2D eigenvalue weighted by Gasteiger charge is 2.45. The highest BCUT2D eigenvalue weighted by Crippen LogP contribution is 2.45. The van der Waals surface area contributed by atoms with Crippen molar-refractivity contribution in [3.05, 3.63) is 70.5 Å². The average Bonchev–Trinajstić information content (AvgIpc) is 3.69. The summed E-state index contributed by atoms with van der Waals surface area (Å²) in [6.45, 7) is 5.01. The number of carboxylic acid groups (broad SMARTS) is 1. The van der Waals surface area contributed by atoms with Gasteiger partial charge in [0, 0.05) is 72.4 Å². The quantitative estimate of drug-likeness (QED) is 0.111. The fraction of sp³-hybridized carbons (Fsp3) is 0.500. The summed E-state index contributed by atoms with van der Waals surface area (Å²) < 4.78 is 32.5. The highest BCUT2D eigenvalue weighted by atomic mass is 32.2. The number of aliphatic hydroxyl groups is 1. The molecule has 1 fully saturated rings. The van der Waals surface area contributed by atoms with Gasteiger partial charge in [-0.3, -0.25) is 24.2 Å². The number of unbranched alkanes of at least 4 members (excludes halogenated alkanes) is 1. The van der Waals surface area contributed by atoms with Crippen molar-refractivity contribution < 1.29 is 47.3 Å². The van der Waals surface area contributed by atoms with E-state index in [9.17, 15) is 42.6 Å². The van der Waals surface area contributed by atoms with E-state index < -0.39 is 63.6 Å². The monoisotopic (exact) mass is 788 g/mol. The molecule has 5 atom stereocenters. The lowest BCUT2D eigenvalue weighted by molar-refractivity contribution is -0.140. The molecule has 0 radical (unpaired) electrons. The van der Waals surface area contributed by atoms with Crippen LogP contribution in [-0.2, 0) is 40.4 Å². The van der Waals surface area contributed by atoms with Gasteiger partial charge in [0.1, 0.15) is 12.3 Å². The van der Waals surface area contributed by atoms with Crippen LogP contribution >= 0.6 is 11.8 Å². The number of thioether (sulfide) groups is 1. The number of carbonyl (C=O) groups excluding carboxylic acids is 4. The standard InChI is InChI=1S/C36H48N6O10S2/c1-22(43)16-30-23(2)33(32(36(48)49)42(30)24(3)44)53-28-18-29(39-20-28)35(47)40-27-11-6-10-26(17-27)34(46)41-54(50,51)15-13-38-31(45)21-52-14-5-4-8-25-9-7-12-37-19-25/h6-7,9-12,17,19,22-23,28-30,39,43H,4-5,8,13-16,18,20-21H2,1-3H3,(H,38,45)(H,40,47)(H,41,46)(H,48,49)/t22-,23-,28+,29+,30?/m1/s1. The van der Waals surface area contributed by atoms with Crippen molar-refractivity contribution in [2.75, 3.05) is 37.4 Å². The predicted octanol–water partition coefficient (Wildman–Crippen LogP) is 1.63. The van der Waals surface area contributed by atoms with Crippen LogP contribution in [0.4, 0.5) is 5.69 Å². The summed E-state index contributed by atoms with van der Waals surface area (Å²) in [5.41, 5.74) is 1.25. The summed E-state index contributed by atoms with van der Waals surface area (Å²) >= 11 is 1.30. The predicted molar refractivity (Wildman–Crippen MR) is 202 cm³/mol. The number of nitrogens with zero attached hydrogens (tertiary/aromatic N) is 2. The molecule has 3 heterocycles. The number of carbonyl (C=O) groups is 5. The Morgan fingerprint density at radius 2 is 1.93 bits per heavy atom. The van der Waals surface area contributed by atoms with Crippen molar-refractivity contribution >= 4 is 57.1 Å². The van der Waals surface area contributed by atoms with E-state index in [1.165, 1.54) is 41.8 Å². The van der Waals surface area contributed by atoms with Gasteiger partial charge in [0.15, 0.2) is 0 Å². The topological polar surface area (TPSA) is 233 Å². The third-order valence-electron chi connectivity index (χ3n) is 8.92. The van der Waals surface area contributed by atoms with E-state index in [1.807, 2.05) is 23.8 Å². The maximum Gasteiger partial charge on any atom is 0.353 e. The van der Waals surface area contributed by atoms with Crippen LogP contribution in [0.5, 0.6) is 0 Å². The largest absolute Gasteiger partial charge is 0.477 e. The smallest absolute Gasteiger partial charge is 0.353 e. The zero-order chi connectivity index (χ0) is 39.4. The molecule has 0 bridgehead atoms. The summed E-state index contributed by atoms with van der Waals surface area (Å²) in [4.78, 5) is 68.6. The molecular weight excluding hydrogens is 741 g/mol. The number of anilines is 1. The number of aromatic nitrogens is 1. The van der Waals surface area contributed by atoms with Crippen molar-refractivity contribution in [1.29, 1.82) is 0 Å². The minimum atomic E-state index is -4.11. The van der Waals surface area contributed by atoms with E-state index >= 15 is 0 Å². The molecule has 0 spiro atoms. The summed E-state index contributed by atoms with van der Waals surface area (Å²) in [5, 5.41) is 28.2. The van der Waals surface area contributed by atoms with Gasteiger partial charge in [-0.25, -0.2) is 17.9 Å². The summed E-state index contributed by atoms with van der Waals surface area (Å²) in [6, 6.07) is 8.46. The number of nitrogens with one attached hydrogen (secondary N) is 4. The van der Waals surface area contributed by atoms with Crippen LogP contribution in [0.1, 0.15) is 62.4 Å². The van der Waals surface area contributed by atoms with Crippen molar-refractivity contribution in [2.45, 2.75) is 76.3 Å². The number of aliphatic carboxylic acids is 1. The van der Waals surface area contributed by atoms with E-state index in [0.29, 0.717) is 24.5 Å². The van der Waals surface area contributed by atoms with Crippen LogP contribution in [0.3, 0.4) is 0 Å². The molecule has 0 aliphatic carbocycles. The molecule has 16 nitrogen and oxygen atoms in total. The van der Waals surface area contributed by atoms with E-state index in [-0.39, 0.29) is 47.7 Å². The second kappa shape index (κ2) is 19.8. The van der Waals surface area contributed by atoms with Gasteiger partial charge in [-0.2, -0.15) is 0 Å². The SMILES string of the molecule is CC(=O)N1C(C(=O)O)=C(S[C@@H]2CN[C@H](C(=O)Nc3cccc(C(=O)NS(=O)(=O)CCNC(=O)COCCCCc4cccnc4)c3)C2)[C@H](C)C1C[C@@H](C)O. The lowest BCUT2D eigenvalue weighted by atomic mass is 9.98. The van der Waals surface area contributed by atoms with E-state index in [1.54, 1.807) is 25.4 Å². The number of aliphatic hydroxyl groups excluding tert-OH is 1. The van der Waals surface area contributed by atoms with Crippen LogP contribution in [-0.4, -0.2) is 114 Å². The average molecular weight is 789 g/mol. The fourth-order valence-corrected chi connectivity index (χ4v) is 8.70. The summed E-state index contributed by atoms with van der Waals surface area (Å²) in [6.07, 6.45) is 5.78. The number of pyridine rings is 1. The van der Waals surface area contributed by atoms with Crippen molar-refractivity contribution in [3.63, 3.8) is 0 Å². The number of rotatable bonds is 19. The Bertz CT molecular complexity index is 1810. The van der Waals surface area contributed by atoms with Crippen LogP contribution in [0.25, 0.3) is 0 Å². The molecule has 1 aromatic heterocycles. The first-order valence-corrected chi connectivity index (χ1v) is 20.2. The highest BCUT2D eigenvalue weighted by molar-refractivity contribution is 8.03. The van der Waals surface area contributed by atoms with Gasteiger partial charge in [0.25, 0.3) is 5.91 Å². The lowest BCUT2D eigenvalue weighted by Crippen LogP contribution is -2.40. The van der Waals surface area contributed by atoms with Crippen molar-refractivity contribution in [1.82, 2.24) is 25.2 Å². The molecule has 1 unspecified atom stereocenters. The normalized spacial score (nSPS) is 20.4. The van der Waals surface area contributed by atoms with E-state index in [4.69, 9.17) is 4.74 Å². The zero-order valence-electron chi connectivity index (χ0n) is 30.4. The molecule has 2 aliphatic heterocycles. The minimum absolute atomic E-state index is 0.0183. The van der Waals surface area contributed by atoms with Crippen LogP contribution in [0.2, 0.25) is 0 Å². The zero-order valence-corrected chi connectivity index (χ0v) is 32.1. The number of aryl methyl sites for hydroxylation is 1. The van der Waals surface area contributed by atoms with Gasteiger partial charge >= 0.3 is 5.97 Å². The van der Waals surface area contributed by atoms with Gasteiger partial charge in [0.05, 0.1) is 17.9 Å². The van der Waals surface area contributed by atoms with Gasteiger partial charge in [-0.05, 0) is 68.9 Å². The number of hydrogen-bond acceptors (Lipinski definition) is 12. The summed E-state index contributed by atoms with van der Waals surface area (Å²) in [7, 11) is -4.11. The van der Waals surface area contributed by atoms with Gasteiger partial charge in [-0.15, -0.1) is 11.8 Å². The maximum atomic E-state index is 13.2. The number of sulfonamides is 1. The Morgan fingerprint density at radius 1 is 1.15 bits per heavy atom. The van der Waals surface area contributed by atoms with E-state index in [2.05, 4.69) is 20.9 Å². The number of amides is 4.